The van der Waals surface area contributed by atoms with Crippen LogP contribution in [0.3, 0.4) is 0 Å². The first-order valence-corrected chi connectivity index (χ1v) is 4.59. The minimum Gasteiger partial charge on any atom is -0.355 e. The number of nitrogens with two attached hydrogens (primary N) is 1. The monoisotopic (exact) mass is 196 g/mol. The lowest BCUT2D eigenvalue weighted by Gasteiger charge is -2.06. The third-order valence-corrected chi connectivity index (χ3v) is 1.65. The summed E-state index contributed by atoms with van der Waals surface area (Å²) in [4.78, 5) is 4.23. The highest BCUT2D eigenvalue weighted by molar-refractivity contribution is 5.79. The van der Waals surface area contributed by atoms with Gasteiger partial charge in [0.1, 0.15) is 0 Å². The number of nitrogens with zero attached hydrogens (tertiary/aromatic N) is 2. The maximum absolute atomic E-state index is 5.29. The molecule has 0 fully saturated rings. The molecule has 0 unspecified atom stereocenters. The van der Waals surface area contributed by atoms with Crippen molar-refractivity contribution in [3.8, 4) is 0 Å². The quantitative estimate of drug-likeness (QED) is 0.231. The van der Waals surface area contributed by atoms with Gasteiger partial charge in [0.15, 0.2) is 0 Å². The van der Waals surface area contributed by atoms with Gasteiger partial charge in [0.05, 0.1) is 12.7 Å². The van der Waals surface area contributed by atoms with Gasteiger partial charge in [-0.2, -0.15) is 5.10 Å². The van der Waals surface area contributed by atoms with Crippen LogP contribution < -0.4 is 16.6 Å². The molecule has 0 bridgehead atoms. The molecular weight excluding hydrogens is 180 g/mol. The molecule has 78 valence electrons. The van der Waals surface area contributed by atoms with E-state index < -0.39 is 0 Å². The fourth-order valence-corrected chi connectivity index (χ4v) is 0.930. The molecule has 0 radical (unpaired) electrons. The van der Waals surface area contributed by atoms with Crippen molar-refractivity contribution in [3.63, 3.8) is 0 Å². The first-order valence-electron chi connectivity index (χ1n) is 4.59. The second-order valence-electron chi connectivity index (χ2n) is 2.84. The number of H-pyrrole nitrogens is 1. The molecule has 0 saturated heterocycles. The lowest BCUT2D eigenvalue weighted by Crippen LogP contribution is -2.41. The SMILES string of the molecule is CCCNC(=NCc1cn[nH]c1)NN. The molecule has 0 aromatic carbocycles. The summed E-state index contributed by atoms with van der Waals surface area (Å²) in [6.45, 7) is 3.50. The average molecular weight is 196 g/mol. The second kappa shape index (κ2) is 5.98. The van der Waals surface area contributed by atoms with Gasteiger partial charge in [0.2, 0.25) is 5.96 Å². The van der Waals surface area contributed by atoms with Crippen LogP contribution in [0.25, 0.3) is 0 Å². The van der Waals surface area contributed by atoms with Gasteiger partial charge in [0.25, 0.3) is 0 Å². The Bertz CT molecular complexity index is 265. The average Bonchev–Trinajstić information content (AvgIpc) is 2.71. The van der Waals surface area contributed by atoms with E-state index >= 15 is 0 Å². The standard InChI is InChI=1S/C8H16N6/c1-2-3-10-8(14-9)11-4-7-5-12-13-6-7/h5-6H,2-4,9H2,1H3,(H,12,13)(H2,10,11,14). The van der Waals surface area contributed by atoms with E-state index in [4.69, 9.17) is 5.84 Å². The summed E-state index contributed by atoms with van der Waals surface area (Å²) >= 11 is 0. The normalized spacial score (nSPS) is 11.4. The van der Waals surface area contributed by atoms with Crippen molar-refractivity contribution < 1.29 is 0 Å². The summed E-state index contributed by atoms with van der Waals surface area (Å²) in [7, 11) is 0. The fraction of sp³-hybridized carbons (Fsp3) is 0.500. The molecule has 1 aromatic rings. The summed E-state index contributed by atoms with van der Waals surface area (Å²) in [6.07, 6.45) is 4.57. The van der Waals surface area contributed by atoms with Gasteiger partial charge in [-0.1, -0.05) is 6.92 Å². The molecule has 1 rings (SSSR count). The van der Waals surface area contributed by atoms with Crippen LogP contribution in [0.5, 0.6) is 0 Å². The van der Waals surface area contributed by atoms with Crippen molar-refractivity contribution >= 4 is 5.96 Å². The number of hydrazine groups is 1. The van der Waals surface area contributed by atoms with E-state index in [9.17, 15) is 0 Å². The molecule has 1 heterocycles. The zero-order chi connectivity index (χ0) is 10.2. The third kappa shape index (κ3) is 3.44. The predicted octanol–water partition coefficient (Wildman–Crippen LogP) is -0.271. The van der Waals surface area contributed by atoms with Crippen LogP contribution in [0.4, 0.5) is 0 Å². The van der Waals surface area contributed by atoms with E-state index in [2.05, 4.69) is 32.9 Å². The van der Waals surface area contributed by atoms with E-state index in [1.807, 2.05) is 0 Å². The van der Waals surface area contributed by atoms with E-state index in [1.54, 1.807) is 12.4 Å². The van der Waals surface area contributed by atoms with Crippen LogP contribution in [0.2, 0.25) is 0 Å². The Kier molecular flexibility index (Phi) is 4.49. The van der Waals surface area contributed by atoms with Gasteiger partial charge in [-0.25, -0.2) is 10.8 Å². The zero-order valence-corrected chi connectivity index (χ0v) is 8.25. The van der Waals surface area contributed by atoms with E-state index in [1.165, 1.54) is 0 Å². The number of aromatic amines is 1. The van der Waals surface area contributed by atoms with Crippen molar-refractivity contribution in [2.75, 3.05) is 6.54 Å². The maximum Gasteiger partial charge on any atom is 0.206 e. The highest BCUT2D eigenvalue weighted by Gasteiger charge is 1.95. The summed E-state index contributed by atoms with van der Waals surface area (Å²) in [6, 6.07) is 0. The largest absolute Gasteiger partial charge is 0.355 e. The molecule has 1 aromatic heterocycles. The number of aromatic nitrogens is 2. The van der Waals surface area contributed by atoms with Gasteiger partial charge in [-0.15, -0.1) is 0 Å². The van der Waals surface area contributed by atoms with Crippen molar-refractivity contribution in [1.82, 2.24) is 20.9 Å². The number of hydrogen-bond acceptors (Lipinski definition) is 3. The van der Waals surface area contributed by atoms with E-state index in [0.717, 1.165) is 18.5 Å². The molecule has 6 nitrogen and oxygen atoms in total. The Morgan fingerprint density at radius 2 is 2.57 bits per heavy atom. The molecule has 0 spiro atoms. The number of guanidine groups is 1. The Hall–Kier alpha value is -1.56. The molecular formula is C8H16N6. The molecule has 0 saturated carbocycles. The van der Waals surface area contributed by atoms with Crippen molar-refractivity contribution in [2.24, 2.45) is 10.8 Å². The Morgan fingerprint density at radius 3 is 3.14 bits per heavy atom. The van der Waals surface area contributed by atoms with Crippen LogP contribution >= 0.6 is 0 Å². The molecule has 0 aliphatic carbocycles. The smallest absolute Gasteiger partial charge is 0.206 e. The Morgan fingerprint density at radius 1 is 1.71 bits per heavy atom. The fourth-order valence-electron chi connectivity index (χ4n) is 0.930. The molecule has 5 N–H and O–H groups in total. The Balaban J connectivity index is 2.39. The molecule has 14 heavy (non-hydrogen) atoms. The number of nitrogens with one attached hydrogen (secondary N) is 3. The predicted molar refractivity (Wildman–Crippen MR) is 55.3 cm³/mol. The first-order chi connectivity index (χ1) is 6.86. The van der Waals surface area contributed by atoms with Crippen molar-refractivity contribution in [3.05, 3.63) is 18.0 Å². The highest BCUT2D eigenvalue weighted by atomic mass is 15.3. The number of aliphatic imine (C=N–C) groups is 1. The lowest BCUT2D eigenvalue weighted by molar-refractivity contribution is 0.790. The molecule has 0 atom stereocenters. The summed E-state index contributed by atoms with van der Waals surface area (Å²) in [5, 5.41) is 9.61. The molecule has 0 aliphatic rings. The lowest BCUT2D eigenvalue weighted by atomic mass is 10.4. The summed E-state index contributed by atoms with van der Waals surface area (Å²) in [5.74, 6) is 5.89. The van der Waals surface area contributed by atoms with Crippen LogP contribution in [0, 0.1) is 0 Å². The summed E-state index contributed by atoms with van der Waals surface area (Å²) in [5.41, 5.74) is 3.53. The third-order valence-electron chi connectivity index (χ3n) is 1.65. The van der Waals surface area contributed by atoms with Crippen LogP contribution in [0.1, 0.15) is 18.9 Å². The van der Waals surface area contributed by atoms with Crippen molar-refractivity contribution in [1.29, 1.82) is 0 Å². The minimum atomic E-state index is 0.562. The van der Waals surface area contributed by atoms with Crippen LogP contribution in [-0.4, -0.2) is 22.7 Å². The van der Waals surface area contributed by atoms with Crippen LogP contribution in [-0.2, 0) is 6.54 Å². The van der Waals surface area contributed by atoms with Crippen LogP contribution in [0.15, 0.2) is 17.4 Å². The number of hydrogen-bond donors (Lipinski definition) is 4. The first kappa shape index (κ1) is 10.5. The molecule has 6 heteroatoms. The summed E-state index contributed by atoms with van der Waals surface area (Å²) < 4.78 is 0. The number of rotatable bonds is 4. The minimum absolute atomic E-state index is 0.562. The second-order valence-corrected chi connectivity index (χ2v) is 2.84. The van der Waals surface area contributed by atoms with Gasteiger partial charge < -0.3 is 5.32 Å². The molecule has 0 amide bonds. The maximum atomic E-state index is 5.29. The van der Waals surface area contributed by atoms with E-state index in [0.29, 0.717) is 12.5 Å². The van der Waals surface area contributed by atoms with Gasteiger partial charge >= 0.3 is 0 Å². The Labute approximate surface area is 83.0 Å². The zero-order valence-electron chi connectivity index (χ0n) is 8.25. The van der Waals surface area contributed by atoms with Gasteiger partial charge in [0, 0.05) is 18.3 Å². The topological polar surface area (TPSA) is 91.1 Å². The van der Waals surface area contributed by atoms with Gasteiger partial charge in [-0.3, -0.25) is 10.5 Å². The highest BCUT2D eigenvalue weighted by Crippen LogP contribution is 1.95. The van der Waals surface area contributed by atoms with E-state index in [-0.39, 0.29) is 0 Å². The molecule has 0 aliphatic heterocycles. The van der Waals surface area contributed by atoms with Gasteiger partial charge in [-0.05, 0) is 6.42 Å². The van der Waals surface area contributed by atoms with Crippen molar-refractivity contribution in [2.45, 2.75) is 19.9 Å².